The molecular weight excluding hydrogens is 559 g/mol. The summed E-state index contributed by atoms with van der Waals surface area (Å²) < 4.78 is 6.40. The molecule has 37 heavy (non-hydrogen) atoms. The molecule has 1 N–H and O–H groups in total. The van der Waals surface area contributed by atoms with Gasteiger partial charge in [-0.15, -0.1) is 0 Å². The normalized spacial score (nSPS) is 20.7. The fraction of sp³-hybridized carbons (Fsp3) is 0.636. The van der Waals surface area contributed by atoms with Crippen LogP contribution >= 0.6 is 0 Å². The summed E-state index contributed by atoms with van der Waals surface area (Å²) in [6.07, 6.45) is 9.80. The van der Waals surface area contributed by atoms with Crippen LogP contribution in [0.5, 0.6) is 0 Å². The summed E-state index contributed by atoms with van der Waals surface area (Å²) in [5.41, 5.74) is 5.88. The second-order valence-electron chi connectivity index (χ2n) is 11.9. The number of fused-ring (bicyclic) bond motifs is 1. The van der Waals surface area contributed by atoms with Gasteiger partial charge in [-0.05, 0) is 0 Å². The molecular formula is C33H52N2OSn. The number of para-hydroxylation sites is 1. The van der Waals surface area contributed by atoms with Crippen LogP contribution < -0.4 is 8.48 Å². The average Bonchev–Trinajstić information content (AvgIpc) is 2.93. The average molecular weight is 612 g/mol. The molecule has 2 aliphatic rings. The van der Waals surface area contributed by atoms with Crippen LogP contribution in [0, 0.1) is 6.92 Å². The van der Waals surface area contributed by atoms with Crippen molar-refractivity contribution in [1.82, 2.24) is 4.90 Å². The van der Waals surface area contributed by atoms with Gasteiger partial charge in [-0.3, -0.25) is 0 Å². The molecule has 2 aromatic rings. The van der Waals surface area contributed by atoms with Gasteiger partial charge in [-0.1, -0.05) is 0 Å². The van der Waals surface area contributed by atoms with Crippen molar-refractivity contribution in [2.24, 2.45) is 0 Å². The van der Waals surface area contributed by atoms with Crippen molar-refractivity contribution < 1.29 is 5.11 Å². The Morgan fingerprint density at radius 1 is 0.784 bits per heavy atom. The molecule has 1 saturated heterocycles. The van der Waals surface area contributed by atoms with Gasteiger partial charge in [-0.25, -0.2) is 0 Å². The summed E-state index contributed by atoms with van der Waals surface area (Å²) in [5.74, 6) is 0. The van der Waals surface area contributed by atoms with E-state index in [1.807, 2.05) is 3.58 Å². The standard InChI is InChI=1S/C21H25N2O.3C4H9.Sn/c1-16-6-2-5-9-19(16)22-10-12-23(13-11-22)20-14-17-7-3-4-8-18(17)15-21(20)24;3*1-3-4-2;/h2-6,8-9,20-21,24H,10-15H2,1H3;3*1,3-4H2,2H3;. The fourth-order valence-electron chi connectivity index (χ4n) is 7.18. The zero-order valence-corrected chi connectivity index (χ0v) is 27.0. The first-order valence-electron chi connectivity index (χ1n) is 15.4. The van der Waals surface area contributed by atoms with Gasteiger partial charge in [0.2, 0.25) is 0 Å². The van der Waals surface area contributed by atoms with E-state index < -0.39 is 18.4 Å². The summed E-state index contributed by atoms with van der Waals surface area (Å²) >= 11 is -2.55. The second kappa shape index (κ2) is 13.8. The van der Waals surface area contributed by atoms with E-state index in [1.165, 1.54) is 68.6 Å². The van der Waals surface area contributed by atoms with Gasteiger partial charge in [-0.2, -0.15) is 0 Å². The molecule has 3 nitrogen and oxygen atoms in total. The van der Waals surface area contributed by atoms with Crippen LogP contribution in [0.3, 0.4) is 0 Å². The van der Waals surface area contributed by atoms with Crippen LogP contribution in [0.15, 0.2) is 42.5 Å². The van der Waals surface area contributed by atoms with E-state index in [1.54, 1.807) is 5.56 Å². The van der Waals surface area contributed by atoms with Gasteiger partial charge < -0.3 is 0 Å². The van der Waals surface area contributed by atoms with Crippen molar-refractivity contribution in [2.45, 2.75) is 105 Å². The summed E-state index contributed by atoms with van der Waals surface area (Å²) in [6, 6.07) is 16.3. The van der Waals surface area contributed by atoms with Crippen LogP contribution in [0.25, 0.3) is 0 Å². The van der Waals surface area contributed by atoms with Crippen molar-refractivity contribution >= 4 is 27.6 Å². The number of hydrogen-bond acceptors (Lipinski definition) is 3. The minimum atomic E-state index is -2.55. The number of nitrogens with zero attached hydrogens (tertiary/aromatic N) is 2. The minimum absolute atomic E-state index is 0.251. The topological polar surface area (TPSA) is 26.7 Å². The Hall–Kier alpha value is -1.04. The summed E-state index contributed by atoms with van der Waals surface area (Å²) in [6.45, 7) is 13.5. The third-order valence-corrected chi connectivity index (χ3v) is 25.2. The van der Waals surface area contributed by atoms with Gasteiger partial charge in [0.15, 0.2) is 0 Å². The number of hydrogen-bond donors (Lipinski definition) is 1. The zero-order valence-electron chi connectivity index (χ0n) is 24.1. The van der Waals surface area contributed by atoms with Crippen molar-refractivity contribution in [3.05, 3.63) is 59.2 Å². The van der Waals surface area contributed by atoms with E-state index in [-0.39, 0.29) is 12.1 Å². The van der Waals surface area contributed by atoms with Crippen LogP contribution in [-0.2, 0) is 12.8 Å². The first-order chi connectivity index (χ1) is 18.0. The van der Waals surface area contributed by atoms with E-state index in [0.717, 1.165) is 39.0 Å². The van der Waals surface area contributed by atoms with E-state index in [0.29, 0.717) is 0 Å². The molecule has 204 valence electrons. The predicted octanol–water partition coefficient (Wildman–Crippen LogP) is 6.70. The molecule has 1 aliphatic carbocycles. The molecule has 2 aromatic carbocycles. The van der Waals surface area contributed by atoms with Gasteiger partial charge in [0.25, 0.3) is 0 Å². The molecule has 0 aromatic heterocycles. The maximum absolute atomic E-state index is 11.4. The van der Waals surface area contributed by atoms with Crippen LogP contribution in [0.4, 0.5) is 5.69 Å². The van der Waals surface area contributed by atoms with Crippen LogP contribution in [0.1, 0.15) is 76.0 Å². The van der Waals surface area contributed by atoms with E-state index in [9.17, 15) is 5.11 Å². The van der Waals surface area contributed by atoms with Gasteiger partial charge in [0.05, 0.1) is 0 Å². The maximum atomic E-state index is 11.4. The fourth-order valence-corrected chi connectivity index (χ4v) is 24.3. The number of benzene rings is 2. The SMILES string of the molecule is CCC[CH2][Sn]([CH2]CCC)([CH2]CCC)[c]1cccc2c1CC(N1CCN(c3ccccc3C)CC1)C(O)C2. The monoisotopic (exact) mass is 612 g/mol. The Bertz CT molecular complexity index is 962. The number of unbranched alkanes of at least 4 members (excludes halogenated alkanes) is 3. The van der Waals surface area contributed by atoms with Gasteiger partial charge >= 0.3 is 232 Å². The van der Waals surface area contributed by atoms with E-state index >= 15 is 0 Å². The zero-order chi connectivity index (χ0) is 26.3. The summed E-state index contributed by atoms with van der Waals surface area (Å²) in [4.78, 5) is 5.17. The molecule has 1 heterocycles. The predicted molar refractivity (Wildman–Crippen MR) is 163 cm³/mol. The van der Waals surface area contributed by atoms with Crippen molar-refractivity contribution in [3.8, 4) is 0 Å². The molecule has 0 spiro atoms. The molecule has 1 aliphatic heterocycles. The van der Waals surface area contributed by atoms with Gasteiger partial charge in [0.1, 0.15) is 0 Å². The Labute approximate surface area is 231 Å². The first-order valence-corrected chi connectivity index (χ1v) is 22.8. The van der Waals surface area contributed by atoms with E-state index in [4.69, 9.17) is 0 Å². The van der Waals surface area contributed by atoms with Crippen molar-refractivity contribution in [3.63, 3.8) is 0 Å². The Morgan fingerprint density at radius 2 is 1.41 bits per heavy atom. The van der Waals surface area contributed by atoms with Crippen LogP contribution in [0.2, 0.25) is 13.3 Å². The second-order valence-corrected chi connectivity index (χ2v) is 25.0. The Balaban J connectivity index is 1.58. The molecule has 2 unspecified atom stereocenters. The Kier molecular flexibility index (Phi) is 10.8. The van der Waals surface area contributed by atoms with Crippen molar-refractivity contribution in [1.29, 1.82) is 0 Å². The number of piperazine rings is 1. The number of aliphatic hydroxyl groups is 1. The molecule has 2 atom stereocenters. The summed E-state index contributed by atoms with van der Waals surface area (Å²) in [5, 5.41) is 11.4. The first kappa shape index (κ1) is 29.0. The molecule has 4 heteroatoms. The van der Waals surface area contributed by atoms with Crippen LogP contribution in [-0.4, -0.2) is 66.7 Å². The quantitative estimate of drug-likeness (QED) is 0.271. The number of aryl methyl sites for hydroxylation is 1. The number of aliphatic hydroxyl groups excluding tert-OH is 1. The molecule has 0 bridgehead atoms. The summed E-state index contributed by atoms with van der Waals surface area (Å²) in [7, 11) is 0. The third-order valence-electron chi connectivity index (χ3n) is 9.40. The van der Waals surface area contributed by atoms with Crippen molar-refractivity contribution in [2.75, 3.05) is 31.1 Å². The molecule has 0 amide bonds. The van der Waals surface area contributed by atoms with Gasteiger partial charge in [0, 0.05) is 0 Å². The third kappa shape index (κ3) is 6.76. The Morgan fingerprint density at radius 3 is 2.00 bits per heavy atom. The molecule has 4 rings (SSSR count). The molecule has 1 fully saturated rings. The van der Waals surface area contributed by atoms with E-state index in [2.05, 4.69) is 80.0 Å². The number of rotatable bonds is 12. The molecule has 0 radical (unpaired) electrons. The number of anilines is 1. The molecule has 0 saturated carbocycles.